The highest BCUT2D eigenvalue weighted by molar-refractivity contribution is 7.90. The lowest BCUT2D eigenvalue weighted by Gasteiger charge is -1.99. The van der Waals surface area contributed by atoms with E-state index in [0.29, 0.717) is 9.82 Å². The number of nitrogens with zero attached hydrogens (tertiary/aromatic N) is 2. The number of aryl methyl sites for hydroxylation is 1. The molecule has 0 aliphatic carbocycles. The van der Waals surface area contributed by atoms with E-state index in [0.717, 1.165) is 10.2 Å². The Morgan fingerprint density at radius 1 is 1.10 bits per heavy atom. The summed E-state index contributed by atoms with van der Waals surface area (Å²) < 4.78 is 31.1. The molecule has 0 unspecified atom stereocenters. The summed E-state index contributed by atoms with van der Waals surface area (Å²) in [5.74, 6) is 0. The van der Waals surface area contributed by atoms with Crippen molar-refractivity contribution in [1.82, 2.24) is 4.57 Å². The predicted molar refractivity (Wildman–Crippen MR) is 85.0 cm³/mol. The van der Waals surface area contributed by atoms with Gasteiger partial charge in [0.25, 0.3) is 10.0 Å². The Bertz CT molecular complexity index is 973. The van der Waals surface area contributed by atoms with Crippen LogP contribution in [-0.4, -0.2) is 13.0 Å². The normalized spacial score (nSPS) is 13.0. The van der Waals surface area contributed by atoms with Crippen molar-refractivity contribution < 1.29 is 8.42 Å². The monoisotopic (exact) mass is 338 g/mol. The second kappa shape index (κ2) is 5.29. The molecule has 4 nitrogen and oxygen atoms in total. The van der Waals surface area contributed by atoms with Crippen LogP contribution < -0.4 is 4.80 Å². The maximum Gasteiger partial charge on any atom is 0.285 e. The van der Waals surface area contributed by atoms with Gasteiger partial charge in [0.1, 0.15) is 0 Å². The molecule has 0 fully saturated rings. The second-order valence-electron chi connectivity index (χ2n) is 4.41. The first-order valence-corrected chi connectivity index (χ1v) is 8.72. The van der Waals surface area contributed by atoms with Crippen molar-refractivity contribution >= 4 is 43.2 Å². The van der Waals surface area contributed by atoms with Gasteiger partial charge in [-0.15, -0.1) is 4.40 Å². The average molecular weight is 339 g/mol. The number of aromatic nitrogens is 1. The minimum Gasteiger partial charge on any atom is -0.318 e. The lowest BCUT2D eigenvalue weighted by molar-refractivity contribution is 0.596. The SMILES string of the molecule is Cn1/c(=N/S(=O)(=O)c2ccccc2)sc2cccc(Cl)c21. The van der Waals surface area contributed by atoms with E-state index in [1.54, 1.807) is 35.9 Å². The van der Waals surface area contributed by atoms with Crippen molar-refractivity contribution in [3.8, 4) is 0 Å². The Kier molecular flexibility index (Phi) is 3.61. The van der Waals surface area contributed by atoms with Crippen LogP contribution in [0.25, 0.3) is 10.2 Å². The van der Waals surface area contributed by atoms with E-state index in [1.165, 1.54) is 23.5 Å². The van der Waals surface area contributed by atoms with Crippen LogP contribution in [0.1, 0.15) is 0 Å². The van der Waals surface area contributed by atoms with Crippen molar-refractivity contribution in [2.75, 3.05) is 0 Å². The predicted octanol–water partition coefficient (Wildman–Crippen LogP) is 3.18. The molecule has 21 heavy (non-hydrogen) atoms. The van der Waals surface area contributed by atoms with Crippen LogP contribution in [0.4, 0.5) is 0 Å². The molecule has 0 aliphatic heterocycles. The van der Waals surface area contributed by atoms with Gasteiger partial charge in [0.15, 0.2) is 0 Å². The highest BCUT2D eigenvalue weighted by atomic mass is 35.5. The van der Waals surface area contributed by atoms with Crippen molar-refractivity contribution in [2.24, 2.45) is 11.4 Å². The van der Waals surface area contributed by atoms with Crippen LogP contribution in [-0.2, 0) is 17.1 Å². The minimum absolute atomic E-state index is 0.175. The molecule has 0 spiro atoms. The Labute approximate surface area is 131 Å². The molecule has 0 saturated heterocycles. The summed E-state index contributed by atoms with van der Waals surface area (Å²) in [6.07, 6.45) is 0. The number of fused-ring (bicyclic) bond motifs is 1. The molecule has 0 radical (unpaired) electrons. The molecule has 0 bridgehead atoms. The maximum atomic E-state index is 12.3. The zero-order chi connectivity index (χ0) is 15.0. The molecule has 3 rings (SSSR count). The van der Waals surface area contributed by atoms with Gasteiger partial charge < -0.3 is 4.57 Å². The average Bonchev–Trinajstić information content (AvgIpc) is 2.77. The van der Waals surface area contributed by atoms with Gasteiger partial charge in [-0.2, -0.15) is 8.42 Å². The fourth-order valence-corrected chi connectivity index (χ4v) is 4.64. The number of rotatable bonds is 2. The molecule has 3 aromatic rings. The van der Waals surface area contributed by atoms with Gasteiger partial charge >= 0.3 is 0 Å². The molecular formula is C14H11ClN2O2S2. The van der Waals surface area contributed by atoms with Gasteiger partial charge in [0, 0.05) is 7.05 Å². The largest absolute Gasteiger partial charge is 0.318 e. The molecule has 0 N–H and O–H groups in total. The first-order valence-electron chi connectivity index (χ1n) is 6.09. The van der Waals surface area contributed by atoms with Crippen molar-refractivity contribution in [1.29, 1.82) is 0 Å². The van der Waals surface area contributed by atoms with Gasteiger partial charge in [-0.1, -0.05) is 47.2 Å². The number of benzene rings is 2. The van der Waals surface area contributed by atoms with Gasteiger partial charge in [-0.05, 0) is 24.3 Å². The number of hydrogen-bond donors (Lipinski definition) is 0. The van der Waals surface area contributed by atoms with Gasteiger partial charge in [0.05, 0.1) is 20.1 Å². The molecule has 1 heterocycles. The van der Waals surface area contributed by atoms with E-state index < -0.39 is 10.0 Å². The summed E-state index contributed by atoms with van der Waals surface area (Å²) in [4.78, 5) is 0.565. The van der Waals surface area contributed by atoms with Crippen molar-refractivity contribution in [3.05, 3.63) is 58.4 Å². The molecule has 2 aromatic carbocycles. The van der Waals surface area contributed by atoms with Gasteiger partial charge in [0.2, 0.25) is 4.80 Å². The first-order chi connectivity index (χ1) is 9.99. The number of para-hydroxylation sites is 1. The zero-order valence-corrected chi connectivity index (χ0v) is 13.4. The quantitative estimate of drug-likeness (QED) is 0.720. The number of hydrogen-bond acceptors (Lipinski definition) is 3. The molecule has 0 amide bonds. The summed E-state index contributed by atoms with van der Waals surface area (Å²) >= 11 is 7.45. The Hall–Kier alpha value is -1.63. The minimum atomic E-state index is -3.72. The molecule has 108 valence electrons. The summed E-state index contributed by atoms with van der Waals surface area (Å²) in [7, 11) is -1.97. The van der Waals surface area contributed by atoms with Crippen LogP contribution in [0, 0.1) is 0 Å². The Morgan fingerprint density at radius 2 is 1.81 bits per heavy atom. The fraction of sp³-hybridized carbons (Fsp3) is 0.0714. The van der Waals surface area contributed by atoms with Crippen LogP contribution in [0.2, 0.25) is 5.02 Å². The summed E-state index contributed by atoms with van der Waals surface area (Å²) in [6, 6.07) is 13.6. The van der Waals surface area contributed by atoms with Crippen LogP contribution in [0.15, 0.2) is 57.8 Å². The van der Waals surface area contributed by atoms with Crippen molar-refractivity contribution in [2.45, 2.75) is 4.90 Å². The smallest absolute Gasteiger partial charge is 0.285 e. The molecular weight excluding hydrogens is 328 g/mol. The van der Waals surface area contributed by atoms with E-state index in [1.807, 2.05) is 12.1 Å². The van der Waals surface area contributed by atoms with Crippen LogP contribution in [0.5, 0.6) is 0 Å². The molecule has 1 aromatic heterocycles. The van der Waals surface area contributed by atoms with Crippen LogP contribution >= 0.6 is 22.9 Å². The summed E-state index contributed by atoms with van der Waals surface area (Å²) in [5.41, 5.74) is 0.783. The summed E-state index contributed by atoms with van der Waals surface area (Å²) in [6.45, 7) is 0. The highest BCUT2D eigenvalue weighted by Crippen LogP contribution is 2.24. The molecule has 0 aliphatic rings. The molecule has 7 heteroatoms. The standard InChI is InChI=1S/C14H11ClN2O2S2/c1-17-13-11(15)8-5-9-12(13)20-14(17)16-21(18,19)10-6-3-2-4-7-10/h2-9H,1H3/b16-14-. The molecule has 0 atom stereocenters. The highest BCUT2D eigenvalue weighted by Gasteiger charge is 2.13. The first kappa shape index (κ1) is 14.3. The van der Waals surface area contributed by atoms with E-state index in [2.05, 4.69) is 4.40 Å². The third-order valence-corrected chi connectivity index (χ3v) is 5.81. The zero-order valence-electron chi connectivity index (χ0n) is 11.0. The maximum absolute atomic E-state index is 12.3. The number of thiazole rings is 1. The van der Waals surface area contributed by atoms with Gasteiger partial charge in [-0.3, -0.25) is 0 Å². The fourth-order valence-electron chi connectivity index (χ4n) is 1.99. The Morgan fingerprint density at radius 3 is 2.48 bits per heavy atom. The summed E-state index contributed by atoms with van der Waals surface area (Å²) in [5, 5.41) is 0.574. The lowest BCUT2D eigenvalue weighted by Crippen LogP contribution is -2.13. The molecule has 0 saturated carbocycles. The second-order valence-corrected chi connectivity index (χ2v) is 7.43. The van der Waals surface area contributed by atoms with E-state index in [-0.39, 0.29) is 4.90 Å². The van der Waals surface area contributed by atoms with Crippen LogP contribution in [0.3, 0.4) is 0 Å². The van der Waals surface area contributed by atoms with Gasteiger partial charge in [-0.25, -0.2) is 0 Å². The topological polar surface area (TPSA) is 51.4 Å². The third-order valence-electron chi connectivity index (χ3n) is 3.01. The van der Waals surface area contributed by atoms with E-state index >= 15 is 0 Å². The van der Waals surface area contributed by atoms with Crippen molar-refractivity contribution in [3.63, 3.8) is 0 Å². The number of sulfonamides is 1. The third kappa shape index (κ3) is 2.62. The number of halogens is 1. The van der Waals surface area contributed by atoms with E-state index in [9.17, 15) is 8.42 Å². The van der Waals surface area contributed by atoms with E-state index in [4.69, 9.17) is 11.6 Å². The Balaban J connectivity index is 2.26. The lowest BCUT2D eigenvalue weighted by atomic mass is 10.3.